The predicted octanol–water partition coefficient (Wildman–Crippen LogP) is 0.982. The van der Waals surface area contributed by atoms with E-state index in [9.17, 15) is 4.79 Å². The van der Waals surface area contributed by atoms with Crippen LogP contribution < -0.4 is 5.73 Å². The lowest BCUT2D eigenvalue weighted by molar-refractivity contribution is -0.136. The Morgan fingerprint density at radius 1 is 1.43 bits per heavy atom. The topological polar surface area (TPSA) is 46.3 Å². The molecule has 1 saturated carbocycles. The van der Waals surface area contributed by atoms with Crippen LogP contribution in [0.15, 0.2) is 0 Å². The lowest BCUT2D eigenvalue weighted by atomic mass is 9.95. The fourth-order valence-electron chi connectivity index (χ4n) is 2.32. The number of carbonyl (C=O) groups excluding carboxylic acids is 1. The molecule has 1 heterocycles. The fourth-order valence-corrected chi connectivity index (χ4v) is 2.32. The lowest BCUT2D eigenvalue weighted by Crippen LogP contribution is -2.54. The van der Waals surface area contributed by atoms with Crippen LogP contribution in [0.25, 0.3) is 0 Å². The Labute approximate surface area is 85.6 Å². The summed E-state index contributed by atoms with van der Waals surface area (Å²) in [7, 11) is 0. The SMILES string of the molecule is CC1CCN(C(=O)C(C)(N)C2CC2)C1. The maximum atomic E-state index is 12.1. The second-order valence-electron chi connectivity index (χ2n) is 5.20. The average Bonchev–Trinajstić information content (AvgIpc) is 2.89. The lowest BCUT2D eigenvalue weighted by Gasteiger charge is -2.29. The van der Waals surface area contributed by atoms with Gasteiger partial charge in [-0.15, -0.1) is 0 Å². The number of carbonyl (C=O) groups is 1. The summed E-state index contributed by atoms with van der Waals surface area (Å²) in [6, 6.07) is 0. The van der Waals surface area contributed by atoms with Crippen molar-refractivity contribution < 1.29 is 4.79 Å². The van der Waals surface area contributed by atoms with Gasteiger partial charge in [-0.05, 0) is 38.0 Å². The van der Waals surface area contributed by atoms with Gasteiger partial charge < -0.3 is 10.6 Å². The van der Waals surface area contributed by atoms with Crippen LogP contribution in [0.1, 0.15) is 33.1 Å². The zero-order valence-electron chi connectivity index (χ0n) is 9.12. The first-order chi connectivity index (χ1) is 6.51. The summed E-state index contributed by atoms with van der Waals surface area (Å²) in [5.74, 6) is 1.25. The highest BCUT2D eigenvalue weighted by molar-refractivity contribution is 5.86. The van der Waals surface area contributed by atoms with E-state index in [-0.39, 0.29) is 5.91 Å². The van der Waals surface area contributed by atoms with Crippen molar-refractivity contribution in [2.75, 3.05) is 13.1 Å². The van der Waals surface area contributed by atoms with Crippen LogP contribution in [0.4, 0.5) is 0 Å². The van der Waals surface area contributed by atoms with E-state index < -0.39 is 5.54 Å². The third kappa shape index (κ3) is 1.65. The van der Waals surface area contributed by atoms with Crippen molar-refractivity contribution in [2.24, 2.45) is 17.6 Å². The largest absolute Gasteiger partial charge is 0.341 e. The number of nitrogens with two attached hydrogens (primary N) is 1. The van der Waals surface area contributed by atoms with Gasteiger partial charge in [0, 0.05) is 13.1 Å². The Kier molecular flexibility index (Phi) is 2.30. The number of hydrogen-bond acceptors (Lipinski definition) is 2. The molecule has 0 aromatic carbocycles. The van der Waals surface area contributed by atoms with E-state index in [1.54, 1.807) is 0 Å². The molecule has 80 valence electrons. The van der Waals surface area contributed by atoms with Crippen LogP contribution in [0.2, 0.25) is 0 Å². The summed E-state index contributed by atoms with van der Waals surface area (Å²) in [6.07, 6.45) is 3.39. The summed E-state index contributed by atoms with van der Waals surface area (Å²) >= 11 is 0. The van der Waals surface area contributed by atoms with Crippen LogP contribution in [0, 0.1) is 11.8 Å². The highest BCUT2D eigenvalue weighted by atomic mass is 16.2. The second kappa shape index (κ2) is 3.23. The molecule has 0 aromatic heterocycles. The van der Waals surface area contributed by atoms with E-state index in [1.165, 1.54) is 0 Å². The summed E-state index contributed by atoms with van der Waals surface area (Å²) in [5.41, 5.74) is 5.51. The maximum Gasteiger partial charge on any atom is 0.242 e. The molecule has 3 nitrogen and oxygen atoms in total. The molecule has 1 aliphatic carbocycles. The first kappa shape index (κ1) is 9.97. The van der Waals surface area contributed by atoms with E-state index in [4.69, 9.17) is 5.73 Å². The molecule has 0 aromatic rings. The van der Waals surface area contributed by atoms with Gasteiger partial charge in [-0.2, -0.15) is 0 Å². The Morgan fingerprint density at radius 2 is 2.07 bits per heavy atom. The van der Waals surface area contributed by atoms with Crippen molar-refractivity contribution in [3.05, 3.63) is 0 Å². The molecule has 2 N–H and O–H groups in total. The molecule has 14 heavy (non-hydrogen) atoms. The molecule has 0 spiro atoms. The third-order valence-electron chi connectivity index (χ3n) is 3.60. The molecule has 3 heteroatoms. The number of rotatable bonds is 2. The third-order valence-corrected chi connectivity index (χ3v) is 3.60. The minimum absolute atomic E-state index is 0.171. The molecule has 1 amide bonds. The quantitative estimate of drug-likeness (QED) is 0.715. The van der Waals surface area contributed by atoms with Gasteiger partial charge in [0.05, 0.1) is 5.54 Å². The average molecular weight is 196 g/mol. The van der Waals surface area contributed by atoms with Gasteiger partial charge >= 0.3 is 0 Å². The standard InChI is InChI=1S/C11H20N2O/c1-8-5-6-13(7-8)10(14)11(2,12)9-3-4-9/h8-9H,3-7,12H2,1-2H3. The molecule has 2 rings (SSSR count). The fraction of sp³-hybridized carbons (Fsp3) is 0.909. The highest BCUT2D eigenvalue weighted by Crippen LogP contribution is 2.39. The van der Waals surface area contributed by atoms with E-state index in [2.05, 4.69) is 6.92 Å². The highest BCUT2D eigenvalue weighted by Gasteiger charge is 2.46. The summed E-state index contributed by atoms with van der Waals surface area (Å²) < 4.78 is 0. The van der Waals surface area contributed by atoms with Crippen LogP contribution in [0.3, 0.4) is 0 Å². The van der Waals surface area contributed by atoms with Gasteiger partial charge in [-0.1, -0.05) is 6.92 Å². The van der Waals surface area contributed by atoms with Crippen molar-refractivity contribution in [3.63, 3.8) is 0 Å². The van der Waals surface area contributed by atoms with Gasteiger partial charge in [0.1, 0.15) is 0 Å². The van der Waals surface area contributed by atoms with Crippen LogP contribution in [0.5, 0.6) is 0 Å². The minimum atomic E-state index is -0.593. The normalized spacial score (nSPS) is 31.6. The monoisotopic (exact) mass is 196 g/mol. The first-order valence-electron chi connectivity index (χ1n) is 5.60. The maximum absolute atomic E-state index is 12.1. The zero-order chi connectivity index (χ0) is 10.3. The Hall–Kier alpha value is -0.570. The molecule has 0 bridgehead atoms. The Balaban J connectivity index is 2.00. The molecule has 2 fully saturated rings. The first-order valence-corrected chi connectivity index (χ1v) is 5.60. The number of hydrogen-bond donors (Lipinski definition) is 1. The van der Waals surface area contributed by atoms with Gasteiger partial charge in [0.25, 0.3) is 0 Å². The molecule has 1 saturated heterocycles. The molecule has 0 radical (unpaired) electrons. The summed E-state index contributed by atoms with van der Waals surface area (Å²) in [6.45, 7) is 5.89. The van der Waals surface area contributed by atoms with E-state index in [0.29, 0.717) is 11.8 Å². The van der Waals surface area contributed by atoms with E-state index in [1.807, 2.05) is 11.8 Å². The van der Waals surface area contributed by atoms with Crippen molar-refractivity contribution >= 4 is 5.91 Å². The van der Waals surface area contributed by atoms with Crippen molar-refractivity contribution in [1.82, 2.24) is 4.90 Å². The molecule has 2 aliphatic rings. The van der Waals surface area contributed by atoms with E-state index >= 15 is 0 Å². The summed E-state index contributed by atoms with van der Waals surface area (Å²) in [4.78, 5) is 14.0. The van der Waals surface area contributed by atoms with Gasteiger partial charge in [-0.25, -0.2) is 0 Å². The molecular formula is C11H20N2O. The smallest absolute Gasteiger partial charge is 0.242 e. The van der Waals surface area contributed by atoms with Crippen molar-refractivity contribution in [1.29, 1.82) is 0 Å². The van der Waals surface area contributed by atoms with Gasteiger partial charge in [0.15, 0.2) is 0 Å². The zero-order valence-corrected chi connectivity index (χ0v) is 9.12. The van der Waals surface area contributed by atoms with Crippen LogP contribution in [-0.2, 0) is 4.79 Å². The Morgan fingerprint density at radius 3 is 2.50 bits per heavy atom. The van der Waals surface area contributed by atoms with Crippen LogP contribution >= 0.6 is 0 Å². The number of amides is 1. The molecule has 1 aliphatic heterocycles. The van der Waals surface area contributed by atoms with Crippen molar-refractivity contribution in [3.8, 4) is 0 Å². The predicted molar refractivity (Wildman–Crippen MR) is 55.7 cm³/mol. The van der Waals surface area contributed by atoms with Crippen molar-refractivity contribution in [2.45, 2.75) is 38.6 Å². The van der Waals surface area contributed by atoms with Crippen LogP contribution in [-0.4, -0.2) is 29.4 Å². The van der Waals surface area contributed by atoms with E-state index in [0.717, 1.165) is 32.4 Å². The molecular weight excluding hydrogens is 176 g/mol. The summed E-state index contributed by atoms with van der Waals surface area (Å²) in [5, 5.41) is 0. The minimum Gasteiger partial charge on any atom is -0.341 e. The number of nitrogens with zero attached hydrogens (tertiary/aromatic N) is 1. The van der Waals surface area contributed by atoms with Gasteiger partial charge in [0.2, 0.25) is 5.91 Å². The second-order valence-corrected chi connectivity index (χ2v) is 5.20. The molecule has 2 atom stereocenters. The van der Waals surface area contributed by atoms with Gasteiger partial charge in [-0.3, -0.25) is 4.79 Å². The molecule has 2 unspecified atom stereocenters. The number of likely N-dealkylation sites (tertiary alicyclic amines) is 1. The Bertz CT molecular complexity index is 246.